The Morgan fingerprint density at radius 2 is 0.784 bits per heavy atom. The minimum absolute atomic E-state index is 0.789. The SMILES string of the molecule is c1ccc(-c2ccc(N(c3ccc(-c4ccc5c(c4)oc4c5ccc5c6ccccc6oc54)cc3)c3ccccc3-c3ccccc3)cc2)cc1. The van der Waals surface area contributed by atoms with Gasteiger partial charge in [-0.3, -0.25) is 0 Å². The van der Waals surface area contributed by atoms with E-state index in [-0.39, 0.29) is 0 Å². The van der Waals surface area contributed by atoms with Gasteiger partial charge in [0.05, 0.1) is 5.69 Å². The van der Waals surface area contributed by atoms with E-state index in [0.717, 1.165) is 72.1 Å². The van der Waals surface area contributed by atoms with Gasteiger partial charge in [-0.2, -0.15) is 0 Å². The molecule has 10 aromatic rings. The summed E-state index contributed by atoms with van der Waals surface area (Å²) in [5, 5.41) is 4.31. The zero-order chi connectivity index (χ0) is 33.7. The van der Waals surface area contributed by atoms with Crippen LogP contribution in [0.15, 0.2) is 197 Å². The standard InChI is InChI=1S/C48H31NO2/c1-3-11-32(12-4-1)33-19-24-37(25-20-33)49(44-17-9-7-15-39(44)35-13-5-2-6-14-35)38-26-21-34(22-27-38)36-23-28-41-43-30-29-42-40-16-8-10-18-45(40)50-47(42)48(43)51-46(41)31-36/h1-31H. The summed E-state index contributed by atoms with van der Waals surface area (Å²) in [5.74, 6) is 0. The van der Waals surface area contributed by atoms with Crippen molar-refractivity contribution in [2.45, 2.75) is 0 Å². The normalized spacial score (nSPS) is 11.5. The number of hydrogen-bond acceptors (Lipinski definition) is 3. The Labute approximate surface area is 295 Å². The van der Waals surface area contributed by atoms with E-state index in [9.17, 15) is 0 Å². The zero-order valence-corrected chi connectivity index (χ0v) is 27.7. The number of rotatable bonds is 6. The summed E-state index contributed by atoms with van der Waals surface area (Å²) in [6.07, 6.45) is 0. The van der Waals surface area contributed by atoms with E-state index in [2.05, 4.69) is 175 Å². The van der Waals surface area contributed by atoms with Gasteiger partial charge in [-0.15, -0.1) is 0 Å². The lowest BCUT2D eigenvalue weighted by Gasteiger charge is -2.28. The molecule has 0 saturated heterocycles. The molecule has 0 aliphatic carbocycles. The molecule has 3 nitrogen and oxygen atoms in total. The van der Waals surface area contributed by atoms with Crippen molar-refractivity contribution in [3.05, 3.63) is 188 Å². The summed E-state index contributed by atoms with van der Waals surface area (Å²) in [4.78, 5) is 2.35. The Morgan fingerprint density at radius 3 is 1.47 bits per heavy atom. The lowest BCUT2D eigenvalue weighted by atomic mass is 10.00. The van der Waals surface area contributed by atoms with Gasteiger partial charge in [0.15, 0.2) is 11.2 Å². The molecule has 0 saturated carbocycles. The molecule has 0 atom stereocenters. The van der Waals surface area contributed by atoms with Crippen LogP contribution in [-0.2, 0) is 0 Å². The second-order valence-electron chi connectivity index (χ2n) is 12.9. The fourth-order valence-electron chi connectivity index (χ4n) is 7.39. The molecule has 10 rings (SSSR count). The van der Waals surface area contributed by atoms with Gasteiger partial charge < -0.3 is 13.7 Å². The summed E-state index contributed by atoms with van der Waals surface area (Å²) < 4.78 is 12.8. The topological polar surface area (TPSA) is 29.5 Å². The molecule has 0 spiro atoms. The maximum absolute atomic E-state index is 6.53. The fraction of sp³-hybridized carbons (Fsp3) is 0. The van der Waals surface area contributed by atoms with E-state index in [4.69, 9.17) is 8.83 Å². The second-order valence-corrected chi connectivity index (χ2v) is 12.9. The molecule has 3 heteroatoms. The monoisotopic (exact) mass is 653 g/mol. The first-order valence-corrected chi connectivity index (χ1v) is 17.3. The summed E-state index contributed by atoms with van der Waals surface area (Å²) in [6.45, 7) is 0. The highest BCUT2D eigenvalue weighted by Gasteiger charge is 2.19. The molecular formula is C48H31NO2. The number of para-hydroxylation sites is 2. The van der Waals surface area contributed by atoms with Gasteiger partial charge in [0.1, 0.15) is 11.2 Å². The van der Waals surface area contributed by atoms with Gasteiger partial charge in [0, 0.05) is 38.5 Å². The molecule has 8 aromatic carbocycles. The minimum Gasteiger partial charge on any atom is -0.452 e. The van der Waals surface area contributed by atoms with Crippen LogP contribution in [0.3, 0.4) is 0 Å². The van der Waals surface area contributed by atoms with Crippen LogP contribution < -0.4 is 4.90 Å². The Morgan fingerprint density at radius 1 is 0.314 bits per heavy atom. The third-order valence-electron chi connectivity index (χ3n) is 9.91. The van der Waals surface area contributed by atoms with Crippen LogP contribution in [0.2, 0.25) is 0 Å². The quantitative estimate of drug-likeness (QED) is 0.179. The number of benzene rings is 8. The predicted molar refractivity (Wildman–Crippen MR) is 212 cm³/mol. The third kappa shape index (κ3) is 4.98. The van der Waals surface area contributed by atoms with E-state index >= 15 is 0 Å². The van der Waals surface area contributed by atoms with Crippen LogP contribution in [-0.4, -0.2) is 0 Å². The number of anilines is 3. The molecule has 240 valence electrons. The Balaban J connectivity index is 1.06. The maximum atomic E-state index is 6.53. The van der Waals surface area contributed by atoms with Crippen molar-refractivity contribution in [2.24, 2.45) is 0 Å². The minimum atomic E-state index is 0.789. The largest absolute Gasteiger partial charge is 0.452 e. The number of furan rings is 2. The molecule has 0 N–H and O–H groups in total. The van der Waals surface area contributed by atoms with Crippen LogP contribution in [0.5, 0.6) is 0 Å². The van der Waals surface area contributed by atoms with Crippen molar-refractivity contribution < 1.29 is 8.83 Å². The smallest absolute Gasteiger partial charge is 0.178 e. The molecule has 0 aliphatic heterocycles. The average molecular weight is 654 g/mol. The molecule has 0 unspecified atom stereocenters. The number of hydrogen-bond donors (Lipinski definition) is 0. The van der Waals surface area contributed by atoms with Crippen molar-refractivity contribution in [1.82, 2.24) is 0 Å². The first-order valence-electron chi connectivity index (χ1n) is 17.3. The summed E-state index contributed by atoms with van der Waals surface area (Å²) in [6, 6.07) is 66.3. The molecule has 0 amide bonds. The van der Waals surface area contributed by atoms with Crippen molar-refractivity contribution in [3.63, 3.8) is 0 Å². The molecular weight excluding hydrogens is 623 g/mol. The summed E-state index contributed by atoms with van der Waals surface area (Å²) in [5.41, 5.74) is 13.5. The van der Waals surface area contributed by atoms with E-state index < -0.39 is 0 Å². The molecule has 0 radical (unpaired) electrons. The average Bonchev–Trinajstić information content (AvgIpc) is 3.78. The Bertz CT molecular complexity index is 2830. The third-order valence-corrected chi connectivity index (χ3v) is 9.91. The van der Waals surface area contributed by atoms with Gasteiger partial charge in [-0.25, -0.2) is 0 Å². The molecule has 0 bridgehead atoms. The highest BCUT2D eigenvalue weighted by Crippen LogP contribution is 2.43. The van der Waals surface area contributed by atoms with Crippen LogP contribution in [0.4, 0.5) is 17.1 Å². The maximum Gasteiger partial charge on any atom is 0.178 e. The summed E-state index contributed by atoms with van der Waals surface area (Å²) in [7, 11) is 0. The van der Waals surface area contributed by atoms with Crippen LogP contribution in [0.1, 0.15) is 0 Å². The molecule has 0 aliphatic rings. The Hall–Kier alpha value is -6.84. The van der Waals surface area contributed by atoms with Crippen LogP contribution >= 0.6 is 0 Å². The molecule has 51 heavy (non-hydrogen) atoms. The zero-order valence-electron chi connectivity index (χ0n) is 27.7. The number of nitrogens with zero attached hydrogens (tertiary/aromatic N) is 1. The van der Waals surface area contributed by atoms with Gasteiger partial charge in [0.2, 0.25) is 0 Å². The van der Waals surface area contributed by atoms with Gasteiger partial charge in [0.25, 0.3) is 0 Å². The van der Waals surface area contributed by atoms with Crippen molar-refractivity contribution in [3.8, 4) is 33.4 Å². The first-order chi connectivity index (χ1) is 25.3. The van der Waals surface area contributed by atoms with Crippen LogP contribution in [0, 0.1) is 0 Å². The Kier molecular flexibility index (Phi) is 6.81. The lowest BCUT2D eigenvalue weighted by molar-refractivity contribution is 0.633. The predicted octanol–water partition coefficient (Wildman–Crippen LogP) is 14.0. The highest BCUT2D eigenvalue weighted by molar-refractivity contribution is 6.19. The van der Waals surface area contributed by atoms with Crippen LogP contribution in [0.25, 0.3) is 77.3 Å². The summed E-state index contributed by atoms with van der Waals surface area (Å²) >= 11 is 0. The van der Waals surface area contributed by atoms with Gasteiger partial charge >= 0.3 is 0 Å². The van der Waals surface area contributed by atoms with E-state index in [0.29, 0.717) is 0 Å². The lowest BCUT2D eigenvalue weighted by Crippen LogP contribution is -2.11. The molecule has 2 heterocycles. The highest BCUT2D eigenvalue weighted by atomic mass is 16.4. The van der Waals surface area contributed by atoms with Gasteiger partial charge in [-0.05, 0) is 88.5 Å². The molecule has 0 fully saturated rings. The van der Waals surface area contributed by atoms with E-state index in [1.54, 1.807) is 0 Å². The molecule has 2 aromatic heterocycles. The van der Waals surface area contributed by atoms with E-state index in [1.165, 1.54) is 22.3 Å². The van der Waals surface area contributed by atoms with Gasteiger partial charge in [-0.1, -0.05) is 127 Å². The van der Waals surface area contributed by atoms with E-state index in [1.807, 2.05) is 18.2 Å². The first kappa shape index (κ1) is 29.1. The van der Waals surface area contributed by atoms with Crippen molar-refractivity contribution in [1.29, 1.82) is 0 Å². The second kappa shape index (κ2) is 11.9. The van der Waals surface area contributed by atoms with Crippen molar-refractivity contribution in [2.75, 3.05) is 4.90 Å². The fourth-order valence-corrected chi connectivity index (χ4v) is 7.39. The number of fused-ring (bicyclic) bond motifs is 7. The van der Waals surface area contributed by atoms with Crippen molar-refractivity contribution >= 4 is 60.9 Å².